The summed E-state index contributed by atoms with van der Waals surface area (Å²) in [7, 11) is 1.25. The number of aliphatic hydroxyl groups is 1. The fourth-order valence-corrected chi connectivity index (χ4v) is 3.32. The highest BCUT2D eigenvalue weighted by Crippen LogP contribution is 2.37. The van der Waals surface area contributed by atoms with Crippen molar-refractivity contribution < 1.29 is 19.0 Å². The van der Waals surface area contributed by atoms with Crippen LogP contribution in [-0.4, -0.2) is 22.8 Å². The molecule has 1 aromatic heterocycles. The van der Waals surface area contributed by atoms with Crippen LogP contribution in [0.3, 0.4) is 0 Å². The Bertz CT molecular complexity index is 1060. The number of fused-ring (bicyclic) bond motifs is 1. The molecule has 0 bridgehead atoms. The molecular weight excluding hydrogens is 357 g/mol. The van der Waals surface area contributed by atoms with Crippen LogP contribution < -0.4 is 0 Å². The standard InChI is InChI=1S/C23H22FNO3/c1-15(2)25-20-7-5-4-6-19(20)23(16-8-10-17(24)11-9-16)21(25)13-12-18(26)14-22(27)28-3/h4-15,26H,1-3H3/b13-12+,18-14-. The molecule has 28 heavy (non-hydrogen) atoms. The van der Waals surface area contributed by atoms with E-state index in [1.165, 1.54) is 25.3 Å². The number of rotatable bonds is 5. The maximum atomic E-state index is 13.5. The van der Waals surface area contributed by atoms with Crippen molar-refractivity contribution in [2.24, 2.45) is 0 Å². The molecule has 1 heterocycles. The number of carbonyl (C=O) groups is 1. The van der Waals surface area contributed by atoms with Crippen LogP contribution in [0.4, 0.5) is 4.39 Å². The minimum absolute atomic E-state index is 0.144. The molecule has 0 aliphatic rings. The van der Waals surface area contributed by atoms with Gasteiger partial charge >= 0.3 is 5.97 Å². The third-order valence-electron chi connectivity index (χ3n) is 4.48. The second-order valence-corrected chi connectivity index (χ2v) is 6.67. The van der Waals surface area contributed by atoms with E-state index in [1.807, 2.05) is 24.3 Å². The lowest BCUT2D eigenvalue weighted by molar-refractivity contribution is -0.135. The lowest BCUT2D eigenvalue weighted by Crippen LogP contribution is -2.03. The molecule has 4 nitrogen and oxygen atoms in total. The van der Waals surface area contributed by atoms with Crippen molar-refractivity contribution in [2.45, 2.75) is 19.9 Å². The number of methoxy groups -OCH3 is 1. The van der Waals surface area contributed by atoms with Crippen molar-refractivity contribution >= 4 is 22.9 Å². The van der Waals surface area contributed by atoms with Gasteiger partial charge in [-0.15, -0.1) is 0 Å². The highest BCUT2D eigenvalue weighted by atomic mass is 19.1. The Morgan fingerprint density at radius 1 is 1.14 bits per heavy atom. The van der Waals surface area contributed by atoms with Crippen molar-refractivity contribution in [3.8, 4) is 11.1 Å². The zero-order valence-electron chi connectivity index (χ0n) is 16.0. The van der Waals surface area contributed by atoms with E-state index in [0.717, 1.165) is 33.8 Å². The minimum Gasteiger partial charge on any atom is -0.508 e. The Kier molecular flexibility index (Phi) is 5.64. The molecular formula is C23H22FNO3. The van der Waals surface area contributed by atoms with E-state index in [9.17, 15) is 14.3 Å². The molecule has 3 aromatic rings. The van der Waals surface area contributed by atoms with Crippen LogP contribution in [0.5, 0.6) is 0 Å². The van der Waals surface area contributed by atoms with Crippen LogP contribution in [-0.2, 0) is 9.53 Å². The number of hydrogen-bond donors (Lipinski definition) is 1. The summed E-state index contributed by atoms with van der Waals surface area (Å²) >= 11 is 0. The molecule has 0 atom stereocenters. The molecule has 1 N–H and O–H groups in total. The molecule has 0 fully saturated rings. The Hall–Kier alpha value is -3.34. The molecule has 0 aliphatic carbocycles. The first-order chi connectivity index (χ1) is 13.4. The van der Waals surface area contributed by atoms with Crippen LogP contribution in [0.2, 0.25) is 0 Å². The highest BCUT2D eigenvalue weighted by molar-refractivity contribution is 6.01. The largest absolute Gasteiger partial charge is 0.508 e. The summed E-state index contributed by atoms with van der Waals surface area (Å²) < 4.78 is 20.1. The van der Waals surface area contributed by atoms with E-state index in [1.54, 1.807) is 18.2 Å². The molecule has 0 saturated heterocycles. The third-order valence-corrected chi connectivity index (χ3v) is 4.48. The first-order valence-corrected chi connectivity index (χ1v) is 8.98. The van der Waals surface area contributed by atoms with Crippen molar-refractivity contribution in [2.75, 3.05) is 7.11 Å². The van der Waals surface area contributed by atoms with Gasteiger partial charge < -0.3 is 14.4 Å². The molecule has 3 rings (SSSR count). The maximum absolute atomic E-state index is 13.5. The van der Waals surface area contributed by atoms with E-state index >= 15 is 0 Å². The van der Waals surface area contributed by atoms with Gasteiger partial charge in [-0.05, 0) is 49.8 Å². The Morgan fingerprint density at radius 2 is 1.82 bits per heavy atom. The Balaban J connectivity index is 2.25. The number of aliphatic hydroxyl groups excluding tert-OH is 1. The second kappa shape index (κ2) is 8.13. The predicted molar refractivity (Wildman–Crippen MR) is 109 cm³/mol. The summed E-state index contributed by atoms with van der Waals surface area (Å²) in [6.07, 6.45) is 4.22. The average molecular weight is 379 g/mol. The quantitative estimate of drug-likeness (QED) is 0.269. The maximum Gasteiger partial charge on any atom is 0.334 e. The molecule has 0 spiro atoms. The van der Waals surface area contributed by atoms with Crippen molar-refractivity contribution in [1.82, 2.24) is 4.57 Å². The van der Waals surface area contributed by atoms with Crippen LogP contribution in [0.25, 0.3) is 28.1 Å². The van der Waals surface area contributed by atoms with Gasteiger partial charge in [-0.25, -0.2) is 9.18 Å². The van der Waals surface area contributed by atoms with Crippen LogP contribution in [0.1, 0.15) is 25.6 Å². The molecule has 0 saturated carbocycles. The number of benzene rings is 2. The lowest BCUT2D eigenvalue weighted by Gasteiger charge is -2.13. The molecule has 0 radical (unpaired) electrons. The van der Waals surface area contributed by atoms with Gasteiger partial charge in [0.1, 0.15) is 11.6 Å². The smallest absolute Gasteiger partial charge is 0.334 e. The van der Waals surface area contributed by atoms with Crippen molar-refractivity contribution in [3.05, 3.63) is 78.0 Å². The zero-order chi connectivity index (χ0) is 20.3. The van der Waals surface area contributed by atoms with E-state index in [2.05, 4.69) is 23.2 Å². The topological polar surface area (TPSA) is 51.5 Å². The number of esters is 1. The molecule has 144 valence electrons. The van der Waals surface area contributed by atoms with Crippen molar-refractivity contribution in [1.29, 1.82) is 0 Å². The highest BCUT2D eigenvalue weighted by Gasteiger charge is 2.18. The monoisotopic (exact) mass is 379 g/mol. The summed E-state index contributed by atoms with van der Waals surface area (Å²) in [6.45, 7) is 4.14. The molecule has 5 heteroatoms. The zero-order valence-corrected chi connectivity index (χ0v) is 16.0. The molecule has 2 aromatic carbocycles. The van der Waals surface area contributed by atoms with Gasteiger partial charge in [0, 0.05) is 22.5 Å². The van der Waals surface area contributed by atoms with E-state index in [0.29, 0.717) is 0 Å². The van der Waals surface area contributed by atoms with Gasteiger partial charge in [0.05, 0.1) is 18.9 Å². The Morgan fingerprint density at radius 3 is 2.46 bits per heavy atom. The number of para-hydroxylation sites is 1. The normalized spacial score (nSPS) is 12.2. The fraction of sp³-hybridized carbons (Fsp3) is 0.174. The molecule has 0 unspecified atom stereocenters. The summed E-state index contributed by atoms with van der Waals surface area (Å²) in [5, 5.41) is 11.1. The van der Waals surface area contributed by atoms with Crippen LogP contribution >= 0.6 is 0 Å². The van der Waals surface area contributed by atoms with Gasteiger partial charge in [0.25, 0.3) is 0 Å². The number of hydrogen-bond acceptors (Lipinski definition) is 3. The molecule has 0 aliphatic heterocycles. The number of carbonyl (C=O) groups excluding carboxylic acids is 1. The SMILES string of the molecule is COC(=O)/C=C(O)/C=C/c1c(-c2ccc(F)cc2)c2ccccc2n1C(C)C. The van der Waals surface area contributed by atoms with E-state index in [-0.39, 0.29) is 17.6 Å². The van der Waals surface area contributed by atoms with Crippen LogP contribution in [0.15, 0.2) is 66.4 Å². The number of aromatic nitrogens is 1. The second-order valence-electron chi connectivity index (χ2n) is 6.67. The average Bonchev–Trinajstić information content (AvgIpc) is 3.01. The predicted octanol–water partition coefficient (Wildman–Crippen LogP) is 5.66. The lowest BCUT2D eigenvalue weighted by atomic mass is 10.0. The van der Waals surface area contributed by atoms with E-state index in [4.69, 9.17) is 0 Å². The first-order valence-electron chi connectivity index (χ1n) is 8.98. The minimum atomic E-state index is -0.634. The number of halogens is 1. The fourth-order valence-electron chi connectivity index (χ4n) is 3.32. The van der Waals surface area contributed by atoms with Gasteiger partial charge in [0.15, 0.2) is 0 Å². The van der Waals surface area contributed by atoms with E-state index < -0.39 is 5.97 Å². The van der Waals surface area contributed by atoms with Crippen LogP contribution in [0, 0.1) is 5.82 Å². The number of allylic oxidation sites excluding steroid dienone is 1. The summed E-state index contributed by atoms with van der Waals surface area (Å²) in [5.41, 5.74) is 3.69. The summed E-state index contributed by atoms with van der Waals surface area (Å²) in [5.74, 6) is -1.14. The Labute approximate surface area is 163 Å². The van der Waals surface area contributed by atoms with Gasteiger partial charge in [-0.1, -0.05) is 30.3 Å². The van der Waals surface area contributed by atoms with Gasteiger partial charge in [-0.3, -0.25) is 0 Å². The summed E-state index contributed by atoms with van der Waals surface area (Å²) in [4.78, 5) is 11.3. The molecule has 0 amide bonds. The summed E-state index contributed by atoms with van der Waals surface area (Å²) in [6, 6.07) is 14.5. The third kappa shape index (κ3) is 3.83. The van der Waals surface area contributed by atoms with Gasteiger partial charge in [0.2, 0.25) is 0 Å². The first kappa shape index (κ1) is 19.4. The van der Waals surface area contributed by atoms with Crippen molar-refractivity contribution in [3.63, 3.8) is 0 Å². The number of ether oxygens (including phenoxy) is 1. The number of nitrogens with zero attached hydrogens (tertiary/aromatic N) is 1. The van der Waals surface area contributed by atoms with Gasteiger partial charge in [-0.2, -0.15) is 0 Å².